The summed E-state index contributed by atoms with van der Waals surface area (Å²) >= 11 is 0. The molecule has 0 radical (unpaired) electrons. The molecule has 0 saturated carbocycles. The number of hydrogen-bond donors (Lipinski definition) is 1. The molecule has 1 fully saturated rings. The number of ether oxygens (including phenoxy) is 1. The van der Waals surface area contributed by atoms with E-state index in [4.69, 9.17) is 4.74 Å². The van der Waals surface area contributed by atoms with Crippen LogP contribution in [-0.2, 0) is 10.0 Å². The quantitative estimate of drug-likeness (QED) is 0.708. The first-order valence-electron chi connectivity index (χ1n) is 8.47. The number of rotatable bonds is 8. The van der Waals surface area contributed by atoms with Crippen LogP contribution in [0.3, 0.4) is 0 Å². The first-order valence-corrected chi connectivity index (χ1v) is 9.91. The topological polar surface area (TPSA) is 58.6 Å². The predicted molar refractivity (Wildman–Crippen MR) is 99.6 cm³/mol. The van der Waals surface area contributed by atoms with E-state index in [0.717, 1.165) is 50.9 Å². The lowest BCUT2D eigenvalue weighted by atomic mass is 10.1. The average molecular weight is 377 g/mol. The van der Waals surface area contributed by atoms with Crippen LogP contribution in [0.4, 0.5) is 0 Å². The van der Waals surface area contributed by atoms with Crippen LogP contribution in [0.1, 0.15) is 39.0 Å². The summed E-state index contributed by atoms with van der Waals surface area (Å²) in [4.78, 5) is 0.333. The summed E-state index contributed by atoms with van der Waals surface area (Å²) in [6.45, 7) is 4.57. The van der Waals surface area contributed by atoms with E-state index >= 15 is 0 Å². The lowest BCUT2D eigenvalue weighted by molar-refractivity contribution is 0.296. The summed E-state index contributed by atoms with van der Waals surface area (Å²) in [5.41, 5.74) is 0. The Morgan fingerprint density at radius 1 is 1.17 bits per heavy atom. The molecule has 138 valence electrons. The van der Waals surface area contributed by atoms with Crippen molar-refractivity contribution in [1.29, 1.82) is 0 Å². The maximum Gasteiger partial charge on any atom is 0.243 e. The third-order valence-electron chi connectivity index (χ3n) is 4.34. The molecule has 0 spiro atoms. The minimum Gasteiger partial charge on any atom is -0.494 e. The Balaban J connectivity index is 0.00000288. The largest absolute Gasteiger partial charge is 0.494 e. The summed E-state index contributed by atoms with van der Waals surface area (Å²) in [7, 11) is -1.75. The Labute approximate surface area is 152 Å². The fraction of sp³-hybridized carbons (Fsp3) is 0.647. The van der Waals surface area contributed by atoms with Crippen molar-refractivity contribution in [1.82, 2.24) is 9.62 Å². The molecule has 5 nitrogen and oxygen atoms in total. The lowest BCUT2D eigenvalue weighted by Gasteiger charge is -2.30. The Hall–Kier alpha value is -0.820. The normalized spacial score (nSPS) is 16.0. The van der Waals surface area contributed by atoms with Gasteiger partial charge in [-0.1, -0.05) is 19.8 Å². The highest BCUT2D eigenvalue weighted by molar-refractivity contribution is 7.89. The molecule has 1 saturated heterocycles. The van der Waals surface area contributed by atoms with Gasteiger partial charge < -0.3 is 10.1 Å². The zero-order chi connectivity index (χ0) is 16.7. The second-order valence-corrected chi connectivity index (χ2v) is 8.03. The van der Waals surface area contributed by atoms with Crippen molar-refractivity contribution in [2.24, 2.45) is 0 Å². The van der Waals surface area contributed by atoms with Gasteiger partial charge in [-0.3, -0.25) is 0 Å². The van der Waals surface area contributed by atoms with Crippen LogP contribution in [0.15, 0.2) is 29.2 Å². The molecule has 1 aromatic carbocycles. The SMILES string of the molecule is CCCCCOc1ccc(S(=O)(=O)N(C)C2CCNCC2)cc1.Cl. The Kier molecular flexibility index (Phi) is 9.05. The van der Waals surface area contributed by atoms with Gasteiger partial charge in [-0.15, -0.1) is 12.4 Å². The van der Waals surface area contributed by atoms with E-state index in [-0.39, 0.29) is 18.4 Å². The third-order valence-corrected chi connectivity index (χ3v) is 6.26. The van der Waals surface area contributed by atoms with Crippen LogP contribution in [0, 0.1) is 0 Å². The molecule has 7 heteroatoms. The van der Waals surface area contributed by atoms with Gasteiger partial charge in [-0.05, 0) is 56.6 Å². The molecule has 0 aliphatic carbocycles. The molecule has 1 aliphatic rings. The smallest absolute Gasteiger partial charge is 0.243 e. The molecule has 0 aromatic heterocycles. The highest BCUT2D eigenvalue weighted by Gasteiger charge is 2.28. The second-order valence-electron chi connectivity index (χ2n) is 6.03. The van der Waals surface area contributed by atoms with Crippen molar-refractivity contribution in [2.45, 2.75) is 50.0 Å². The summed E-state index contributed by atoms with van der Waals surface area (Å²) in [5, 5.41) is 3.26. The Bertz CT molecular complexity index is 572. The van der Waals surface area contributed by atoms with Gasteiger partial charge in [0.2, 0.25) is 10.0 Å². The number of hydrogen-bond acceptors (Lipinski definition) is 4. The van der Waals surface area contributed by atoms with Gasteiger partial charge >= 0.3 is 0 Å². The van der Waals surface area contributed by atoms with Crippen LogP contribution < -0.4 is 10.1 Å². The van der Waals surface area contributed by atoms with E-state index in [1.807, 2.05) is 0 Å². The number of benzene rings is 1. The molecule has 1 aliphatic heterocycles. The van der Waals surface area contributed by atoms with E-state index in [1.165, 1.54) is 4.31 Å². The first-order chi connectivity index (χ1) is 11.1. The number of piperidine rings is 1. The molecule has 0 atom stereocenters. The summed E-state index contributed by atoms with van der Waals surface area (Å²) in [5.74, 6) is 0.726. The second kappa shape index (κ2) is 10.2. The number of nitrogens with one attached hydrogen (secondary N) is 1. The molecule has 2 rings (SSSR count). The molecule has 0 unspecified atom stereocenters. The minimum absolute atomic E-state index is 0. The average Bonchev–Trinajstić information content (AvgIpc) is 2.59. The predicted octanol–water partition coefficient (Wildman–Crippen LogP) is 3.05. The third kappa shape index (κ3) is 5.62. The van der Waals surface area contributed by atoms with Gasteiger partial charge in [0.15, 0.2) is 0 Å². The Morgan fingerprint density at radius 3 is 2.38 bits per heavy atom. The van der Waals surface area contributed by atoms with Crippen LogP contribution in [0.2, 0.25) is 0 Å². The number of nitrogens with zero attached hydrogens (tertiary/aromatic N) is 1. The Morgan fingerprint density at radius 2 is 1.79 bits per heavy atom. The standard InChI is InChI=1S/C17H28N2O3S.ClH/c1-3-4-5-14-22-16-6-8-17(9-7-16)23(20,21)19(2)15-10-12-18-13-11-15;/h6-9,15,18H,3-5,10-14H2,1-2H3;1H. The van der Waals surface area contributed by atoms with Crippen molar-refractivity contribution < 1.29 is 13.2 Å². The maximum atomic E-state index is 12.7. The van der Waals surface area contributed by atoms with Gasteiger partial charge in [-0.25, -0.2) is 8.42 Å². The molecular formula is C17H29ClN2O3S. The van der Waals surface area contributed by atoms with Gasteiger partial charge in [-0.2, -0.15) is 4.31 Å². The highest BCUT2D eigenvalue weighted by atomic mass is 35.5. The van der Waals surface area contributed by atoms with Crippen molar-refractivity contribution in [3.63, 3.8) is 0 Å². The fourth-order valence-corrected chi connectivity index (χ4v) is 4.20. The number of sulfonamides is 1. The van der Waals surface area contributed by atoms with Gasteiger partial charge in [0, 0.05) is 13.1 Å². The monoisotopic (exact) mass is 376 g/mol. The highest BCUT2D eigenvalue weighted by Crippen LogP contribution is 2.23. The molecule has 0 amide bonds. The zero-order valence-corrected chi connectivity index (χ0v) is 16.2. The van der Waals surface area contributed by atoms with Crippen LogP contribution in [-0.4, -0.2) is 45.5 Å². The van der Waals surface area contributed by atoms with E-state index in [1.54, 1.807) is 31.3 Å². The summed E-state index contributed by atoms with van der Waals surface area (Å²) in [6, 6.07) is 6.85. The number of unbranched alkanes of at least 4 members (excludes halogenated alkanes) is 2. The first kappa shape index (κ1) is 21.2. The molecule has 0 bridgehead atoms. The summed E-state index contributed by atoms with van der Waals surface area (Å²) in [6.07, 6.45) is 5.04. The molecule has 24 heavy (non-hydrogen) atoms. The van der Waals surface area contributed by atoms with E-state index in [2.05, 4.69) is 12.2 Å². The van der Waals surface area contributed by atoms with Gasteiger partial charge in [0.1, 0.15) is 5.75 Å². The number of halogens is 1. The zero-order valence-electron chi connectivity index (χ0n) is 14.5. The van der Waals surface area contributed by atoms with Gasteiger partial charge in [0.25, 0.3) is 0 Å². The molecule has 1 heterocycles. The van der Waals surface area contributed by atoms with Crippen molar-refractivity contribution >= 4 is 22.4 Å². The van der Waals surface area contributed by atoms with Gasteiger partial charge in [0.05, 0.1) is 11.5 Å². The molecule has 1 N–H and O–H groups in total. The van der Waals surface area contributed by atoms with E-state index in [0.29, 0.717) is 11.5 Å². The molecular weight excluding hydrogens is 348 g/mol. The van der Waals surface area contributed by atoms with Crippen LogP contribution in [0.5, 0.6) is 5.75 Å². The van der Waals surface area contributed by atoms with Crippen LogP contribution >= 0.6 is 12.4 Å². The van der Waals surface area contributed by atoms with E-state index < -0.39 is 10.0 Å². The van der Waals surface area contributed by atoms with Crippen molar-refractivity contribution in [2.75, 3.05) is 26.7 Å². The maximum absolute atomic E-state index is 12.7. The van der Waals surface area contributed by atoms with E-state index in [9.17, 15) is 8.42 Å². The summed E-state index contributed by atoms with van der Waals surface area (Å²) < 4.78 is 32.6. The lowest BCUT2D eigenvalue weighted by Crippen LogP contribution is -2.43. The van der Waals surface area contributed by atoms with Crippen LogP contribution in [0.25, 0.3) is 0 Å². The minimum atomic E-state index is -3.43. The molecule has 1 aromatic rings. The van der Waals surface area contributed by atoms with Crippen molar-refractivity contribution in [3.8, 4) is 5.75 Å². The fourth-order valence-electron chi connectivity index (χ4n) is 2.78. The van der Waals surface area contributed by atoms with Crippen molar-refractivity contribution in [3.05, 3.63) is 24.3 Å².